The summed E-state index contributed by atoms with van der Waals surface area (Å²) in [5.41, 5.74) is 5.63. The smallest absolute Gasteiger partial charge is 0.0494 e. The predicted octanol–water partition coefficient (Wildman–Crippen LogP) is 2.74. The second-order valence-electron chi connectivity index (χ2n) is 4.34. The van der Waals surface area contributed by atoms with Gasteiger partial charge in [-0.3, -0.25) is 0 Å². The molecule has 1 unspecified atom stereocenters. The number of nitrogens with two attached hydrogens (primary N) is 1. The van der Waals surface area contributed by atoms with E-state index in [0.717, 1.165) is 25.6 Å². The van der Waals surface area contributed by atoms with Crippen molar-refractivity contribution in [2.75, 3.05) is 13.2 Å². The highest BCUT2D eigenvalue weighted by atomic mass is 35.5. The van der Waals surface area contributed by atoms with Gasteiger partial charge in [0, 0.05) is 19.3 Å². The number of ether oxygens (including phenoxy) is 1. The zero-order valence-electron chi connectivity index (χ0n) is 9.21. The molecule has 2 N–H and O–H groups in total. The minimum Gasteiger partial charge on any atom is -0.381 e. The molecule has 3 heteroatoms. The molecule has 86 valence electrons. The molecule has 1 aliphatic carbocycles. The number of rotatable bonds is 5. The highest BCUT2D eigenvalue weighted by molar-refractivity contribution is 5.85. The van der Waals surface area contributed by atoms with E-state index in [9.17, 15) is 0 Å². The molecule has 0 amide bonds. The minimum atomic E-state index is 0. The molecule has 0 aromatic carbocycles. The maximum absolute atomic E-state index is 5.63. The largest absolute Gasteiger partial charge is 0.381 e. The highest BCUT2D eigenvalue weighted by Gasteiger charge is 2.12. The summed E-state index contributed by atoms with van der Waals surface area (Å²) >= 11 is 0. The van der Waals surface area contributed by atoms with Crippen molar-refractivity contribution in [1.29, 1.82) is 0 Å². The Morgan fingerprint density at radius 1 is 1.29 bits per heavy atom. The van der Waals surface area contributed by atoms with Gasteiger partial charge >= 0.3 is 0 Å². The maximum atomic E-state index is 5.63. The lowest BCUT2D eigenvalue weighted by molar-refractivity contribution is 0.0814. The van der Waals surface area contributed by atoms with Crippen LogP contribution in [0.3, 0.4) is 0 Å². The second kappa shape index (κ2) is 8.51. The standard InChI is InChI=1S/C11H23NO.ClH/c1-10(12)7-8-13-9-11-5-3-2-4-6-11;/h10-11H,2-9,12H2,1H3;1H. The second-order valence-corrected chi connectivity index (χ2v) is 4.34. The summed E-state index contributed by atoms with van der Waals surface area (Å²) in [6.07, 6.45) is 7.97. The van der Waals surface area contributed by atoms with Gasteiger partial charge in [-0.25, -0.2) is 0 Å². The van der Waals surface area contributed by atoms with Crippen LogP contribution in [0.5, 0.6) is 0 Å². The van der Waals surface area contributed by atoms with Gasteiger partial charge < -0.3 is 10.5 Å². The third kappa shape index (κ3) is 6.63. The summed E-state index contributed by atoms with van der Waals surface area (Å²) in [7, 11) is 0. The maximum Gasteiger partial charge on any atom is 0.0494 e. The van der Waals surface area contributed by atoms with E-state index in [1.54, 1.807) is 0 Å². The van der Waals surface area contributed by atoms with Crippen molar-refractivity contribution in [1.82, 2.24) is 0 Å². The molecule has 0 bridgehead atoms. The topological polar surface area (TPSA) is 35.2 Å². The third-order valence-electron chi connectivity index (χ3n) is 2.80. The summed E-state index contributed by atoms with van der Waals surface area (Å²) in [6.45, 7) is 3.84. The van der Waals surface area contributed by atoms with E-state index in [1.807, 2.05) is 6.92 Å². The van der Waals surface area contributed by atoms with Gasteiger partial charge in [-0.15, -0.1) is 12.4 Å². The van der Waals surface area contributed by atoms with Crippen molar-refractivity contribution < 1.29 is 4.74 Å². The SMILES string of the molecule is CC(N)CCOCC1CCCCC1.Cl. The Balaban J connectivity index is 0.00000169. The van der Waals surface area contributed by atoms with Gasteiger partial charge in [0.1, 0.15) is 0 Å². The molecule has 0 aliphatic heterocycles. The molecule has 1 rings (SSSR count). The van der Waals surface area contributed by atoms with Gasteiger partial charge in [0.05, 0.1) is 0 Å². The Labute approximate surface area is 94.0 Å². The molecule has 1 fully saturated rings. The lowest BCUT2D eigenvalue weighted by Gasteiger charge is -2.21. The average molecular weight is 222 g/mol. The molecule has 0 spiro atoms. The van der Waals surface area contributed by atoms with Crippen molar-refractivity contribution in [3.63, 3.8) is 0 Å². The summed E-state index contributed by atoms with van der Waals surface area (Å²) in [6, 6.07) is 0.284. The van der Waals surface area contributed by atoms with Crippen LogP contribution in [0.1, 0.15) is 45.4 Å². The van der Waals surface area contributed by atoms with Gasteiger partial charge in [0.25, 0.3) is 0 Å². The van der Waals surface area contributed by atoms with E-state index < -0.39 is 0 Å². The van der Waals surface area contributed by atoms with Gasteiger partial charge in [0.15, 0.2) is 0 Å². The molecule has 0 aromatic heterocycles. The minimum absolute atomic E-state index is 0. The molecule has 1 saturated carbocycles. The van der Waals surface area contributed by atoms with Gasteiger partial charge in [-0.2, -0.15) is 0 Å². The van der Waals surface area contributed by atoms with Crippen LogP contribution in [0.4, 0.5) is 0 Å². The lowest BCUT2D eigenvalue weighted by Crippen LogP contribution is -2.19. The van der Waals surface area contributed by atoms with Crippen molar-refractivity contribution >= 4 is 12.4 Å². The van der Waals surface area contributed by atoms with Crippen LogP contribution in [0.2, 0.25) is 0 Å². The Kier molecular flexibility index (Phi) is 8.64. The van der Waals surface area contributed by atoms with Crippen molar-refractivity contribution in [2.45, 2.75) is 51.5 Å². The number of halogens is 1. The molecule has 0 saturated heterocycles. The molecule has 0 radical (unpaired) electrons. The van der Waals surface area contributed by atoms with E-state index in [0.29, 0.717) is 0 Å². The summed E-state index contributed by atoms with van der Waals surface area (Å²) in [4.78, 5) is 0. The van der Waals surface area contributed by atoms with Crippen LogP contribution in [-0.4, -0.2) is 19.3 Å². The summed E-state index contributed by atoms with van der Waals surface area (Å²) < 4.78 is 5.60. The van der Waals surface area contributed by atoms with Gasteiger partial charge in [0.2, 0.25) is 0 Å². The Morgan fingerprint density at radius 3 is 2.50 bits per heavy atom. The zero-order valence-corrected chi connectivity index (χ0v) is 10.0. The lowest BCUT2D eigenvalue weighted by atomic mass is 9.90. The third-order valence-corrected chi connectivity index (χ3v) is 2.80. The fourth-order valence-electron chi connectivity index (χ4n) is 1.87. The van der Waals surface area contributed by atoms with Crippen LogP contribution in [-0.2, 0) is 4.74 Å². The van der Waals surface area contributed by atoms with E-state index in [-0.39, 0.29) is 18.4 Å². The fourth-order valence-corrected chi connectivity index (χ4v) is 1.87. The molecular weight excluding hydrogens is 198 g/mol. The predicted molar refractivity (Wildman–Crippen MR) is 62.9 cm³/mol. The Hall–Kier alpha value is 0.210. The van der Waals surface area contributed by atoms with E-state index in [1.165, 1.54) is 32.1 Å². The first kappa shape index (κ1) is 14.2. The number of hydrogen-bond donors (Lipinski definition) is 1. The van der Waals surface area contributed by atoms with Crippen molar-refractivity contribution in [3.8, 4) is 0 Å². The highest BCUT2D eigenvalue weighted by Crippen LogP contribution is 2.23. The van der Waals surface area contributed by atoms with E-state index in [2.05, 4.69) is 0 Å². The Bertz CT molecular complexity index is 124. The first-order chi connectivity index (χ1) is 6.29. The van der Waals surface area contributed by atoms with Gasteiger partial charge in [-0.05, 0) is 32.1 Å². The van der Waals surface area contributed by atoms with Gasteiger partial charge in [-0.1, -0.05) is 19.3 Å². The van der Waals surface area contributed by atoms with Crippen molar-refractivity contribution in [2.24, 2.45) is 11.7 Å². The normalized spacial score (nSPS) is 20.1. The fraction of sp³-hybridized carbons (Fsp3) is 1.00. The number of hydrogen-bond acceptors (Lipinski definition) is 2. The van der Waals surface area contributed by atoms with Crippen LogP contribution < -0.4 is 5.73 Å². The first-order valence-electron chi connectivity index (χ1n) is 5.62. The van der Waals surface area contributed by atoms with Crippen LogP contribution in [0.15, 0.2) is 0 Å². The quantitative estimate of drug-likeness (QED) is 0.725. The summed E-state index contributed by atoms with van der Waals surface area (Å²) in [5, 5.41) is 0. The van der Waals surface area contributed by atoms with E-state index >= 15 is 0 Å². The van der Waals surface area contributed by atoms with Crippen molar-refractivity contribution in [3.05, 3.63) is 0 Å². The average Bonchev–Trinajstić information content (AvgIpc) is 2.14. The monoisotopic (exact) mass is 221 g/mol. The molecule has 2 nitrogen and oxygen atoms in total. The van der Waals surface area contributed by atoms with E-state index in [4.69, 9.17) is 10.5 Å². The molecule has 1 aliphatic rings. The van der Waals surface area contributed by atoms with Crippen LogP contribution in [0.25, 0.3) is 0 Å². The molecule has 0 heterocycles. The molecule has 1 atom stereocenters. The first-order valence-corrected chi connectivity index (χ1v) is 5.62. The molecule has 0 aromatic rings. The van der Waals surface area contributed by atoms with Crippen LogP contribution in [0, 0.1) is 5.92 Å². The zero-order chi connectivity index (χ0) is 9.52. The Morgan fingerprint density at radius 2 is 1.93 bits per heavy atom. The van der Waals surface area contributed by atoms with Crippen LogP contribution >= 0.6 is 12.4 Å². The molecule has 14 heavy (non-hydrogen) atoms. The molecular formula is C11H24ClNO. The summed E-state index contributed by atoms with van der Waals surface area (Å²) in [5.74, 6) is 0.835.